The molecule has 96 valence electrons. The fourth-order valence-electron chi connectivity index (χ4n) is 2.11. The summed E-state index contributed by atoms with van der Waals surface area (Å²) in [6.07, 6.45) is 0. The van der Waals surface area contributed by atoms with Crippen molar-refractivity contribution in [3.8, 4) is 5.75 Å². The Kier molecular flexibility index (Phi) is 3.03. The fraction of sp³-hybridized carbons (Fsp3) is 0.133. The number of hydrogen-bond acceptors (Lipinski definition) is 2. The molecule has 1 amide bonds. The lowest BCUT2D eigenvalue weighted by atomic mass is 10.1. The van der Waals surface area contributed by atoms with Crippen LogP contribution in [0.2, 0.25) is 0 Å². The number of hydrogen-bond donors (Lipinski definition) is 0. The van der Waals surface area contributed by atoms with Gasteiger partial charge in [0.1, 0.15) is 5.75 Å². The molecule has 2 aromatic rings. The molecule has 0 fully saturated rings. The Balaban J connectivity index is 2.13. The van der Waals surface area contributed by atoms with E-state index >= 15 is 0 Å². The molecule has 2 aromatic carbocycles. The van der Waals surface area contributed by atoms with Crippen molar-refractivity contribution in [2.45, 2.75) is 6.92 Å². The number of ether oxygens (including phenoxy) is 1. The lowest BCUT2D eigenvalue weighted by molar-refractivity contribution is -0.120. The summed E-state index contributed by atoms with van der Waals surface area (Å²) in [4.78, 5) is 13.8. The molecule has 4 heteroatoms. The molecule has 19 heavy (non-hydrogen) atoms. The smallest absolute Gasteiger partial charge is 0.269 e. The number of anilines is 2. The molecule has 3 rings (SSSR count). The third-order valence-corrected chi connectivity index (χ3v) is 3.97. The number of para-hydroxylation sites is 2. The summed E-state index contributed by atoms with van der Waals surface area (Å²) < 4.78 is 6.43. The largest absolute Gasteiger partial charge is 0.482 e. The lowest BCUT2D eigenvalue weighted by Crippen LogP contribution is -2.35. The van der Waals surface area contributed by atoms with E-state index in [-0.39, 0.29) is 12.5 Å². The van der Waals surface area contributed by atoms with Gasteiger partial charge in [0, 0.05) is 4.47 Å². The summed E-state index contributed by atoms with van der Waals surface area (Å²) in [5.74, 6) is 0.674. The van der Waals surface area contributed by atoms with Crippen molar-refractivity contribution < 1.29 is 9.53 Å². The van der Waals surface area contributed by atoms with Crippen molar-refractivity contribution in [3.63, 3.8) is 0 Å². The highest BCUT2D eigenvalue weighted by Crippen LogP contribution is 2.37. The van der Waals surface area contributed by atoms with Crippen LogP contribution in [0.4, 0.5) is 11.4 Å². The molecular formula is C15H12BrNO2. The first-order chi connectivity index (χ1) is 9.16. The number of amides is 1. The van der Waals surface area contributed by atoms with Gasteiger partial charge in [-0.05, 0) is 36.8 Å². The molecule has 0 N–H and O–H groups in total. The van der Waals surface area contributed by atoms with E-state index in [0.29, 0.717) is 0 Å². The fourth-order valence-corrected chi connectivity index (χ4v) is 2.47. The highest BCUT2D eigenvalue weighted by Gasteiger charge is 2.26. The van der Waals surface area contributed by atoms with Crippen LogP contribution in [-0.2, 0) is 4.79 Å². The highest BCUT2D eigenvalue weighted by molar-refractivity contribution is 9.10. The Morgan fingerprint density at radius 2 is 2.00 bits per heavy atom. The summed E-state index contributed by atoms with van der Waals surface area (Å²) in [6.45, 7) is 2.09. The predicted molar refractivity (Wildman–Crippen MR) is 78.0 cm³/mol. The van der Waals surface area contributed by atoms with Gasteiger partial charge in [-0.15, -0.1) is 0 Å². The standard InChI is InChI=1S/C15H12BrNO2/c1-10-6-7-11(8-12(10)16)17-13-4-2-3-5-14(13)19-9-15(17)18/h2-8H,9H2,1H3. The maximum absolute atomic E-state index is 12.1. The second-order valence-electron chi connectivity index (χ2n) is 4.42. The summed E-state index contributed by atoms with van der Waals surface area (Å²) in [5, 5.41) is 0. The van der Waals surface area contributed by atoms with E-state index < -0.39 is 0 Å². The number of nitrogens with zero attached hydrogens (tertiary/aromatic N) is 1. The van der Waals surface area contributed by atoms with Crippen LogP contribution in [0, 0.1) is 6.92 Å². The summed E-state index contributed by atoms with van der Waals surface area (Å²) in [6, 6.07) is 13.5. The van der Waals surface area contributed by atoms with Crippen LogP contribution in [0.3, 0.4) is 0 Å². The molecule has 1 aliphatic rings. The molecule has 0 aliphatic carbocycles. The number of carbonyl (C=O) groups excluding carboxylic acids is 1. The molecule has 0 radical (unpaired) electrons. The Hall–Kier alpha value is -1.81. The van der Waals surface area contributed by atoms with E-state index in [0.717, 1.165) is 27.2 Å². The molecule has 0 bridgehead atoms. The molecule has 0 spiro atoms. The minimum absolute atomic E-state index is 0.0607. The van der Waals surface area contributed by atoms with E-state index in [1.54, 1.807) is 4.90 Å². The van der Waals surface area contributed by atoms with Crippen LogP contribution in [-0.4, -0.2) is 12.5 Å². The summed E-state index contributed by atoms with van der Waals surface area (Å²) >= 11 is 3.50. The van der Waals surface area contributed by atoms with Gasteiger partial charge in [0.25, 0.3) is 5.91 Å². The van der Waals surface area contributed by atoms with Gasteiger partial charge in [0.05, 0.1) is 11.4 Å². The number of fused-ring (bicyclic) bond motifs is 1. The minimum atomic E-state index is -0.0607. The van der Waals surface area contributed by atoms with E-state index in [1.165, 1.54) is 0 Å². The van der Waals surface area contributed by atoms with Gasteiger partial charge in [-0.3, -0.25) is 9.69 Å². The zero-order valence-corrected chi connectivity index (χ0v) is 12.0. The zero-order chi connectivity index (χ0) is 13.4. The van der Waals surface area contributed by atoms with Crippen LogP contribution in [0.25, 0.3) is 0 Å². The number of aryl methyl sites for hydroxylation is 1. The van der Waals surface area contributed by atoms with Crippen molar-refractivity contribution in [1.29, 1.82) is 0 Å². The minimum Gasteiger partial charge on any atom is -0.482 e. The van der Waals surface area contributed by atoms with Gasteiger partial charge in [-0.1, -0.05) is 34.1 Å². The number of carbonyl (C=O) groups is 1. The first-order valence-corrected chi connectivity index (χ1v) is 6.77. The van der Waals surface area contributed by atoms with Crippen LogP contribution >= 0.6 is 15.9 Å². The average molecular weight is 318 g/mol. The Bertz CT molecular complexity index is 654. The maximum atomic E-state index is 12.1. The Labute approximate surface area is 119 Å². The van der Waals surface area contributed by atoms with Gasteiger partial charge >= 0.3 is 0 Å². The van der Waals surface area contributed by atoms with Crippen molar-refractivity contribution in [2.24, 2.45) is 0 Å². The van der Waals surface area contributed by atoms with E-state index in [9.17, 15) is 4.79 Å². The monoisotopic (exact) mass is 317 g/mol. The van der Waals surface area contributed by atoms with Crippen LogP contribution in [0.15, 0.2) is 46.9 Å². The Morgan fingerprint density at radius 1 is 1.21 bits per heavy atom. The normalized spacial score (nSPS) is 14.0. The van der Waals surface area contributed by atoms with Crippen molar-refractivity contribution in [2.75, 3.05) is 11.5 Å². The molecular weight excluding hydrogens is 306 g/mol. The first kappa shape index (κ1) is 12.2. The van der Waals surface area contributed by atoms with Crippen LogP contribution in [0.5, 0.6) is 5.75 Å². The highest BCUT2D eigenvalue weighted by atomic mass is 79.9. The molecule has 0 aromatic heterocycles. The third kappa shape index (κ3) is 2.12. The van der Waals surface area contributed by atoms with Gasteiger partial charge in [0.15, 0.2) is 6.61 Å². The van der Waals surface area contributed by atoms with Gasteiger partial charge in [-0.2, -0.15) is 0 Å². The maximum Gasteiger partial charge on any atom is 0.269 e. The summed E-state index contributed by atoms with van der Waals surface area (Å²) in [7, 11) is 0. The second kappa shape index (κ2) is 4.70. The third-order valence-electron chi connectivity index (χ3n) is 3.12. The number of halogens is 1. The SMILES string of the molecule is Cc1ccc(N2C(=O)COc3ccccc32)cc1Br. The van der Waals surface area contributed by atoms with Gasteiger partial charge in [0.2, 0.25) is 0 Å². The van der Waals surface area contributed by atoms with Crippen molar-refractivity contribution in [3.05, 3.63) is 52.5 Å². The van der Waals surface area contributed by atoms with Crippen molar-refractivity contribution >= 4 is 33.2 Å². The molecule has 0 atom stereocenters. The average Bonchev–Trinajstić information content (AvgIpc) is 2.42. The van der Waals surface area contributed by atoms with E-state index in [4.69, 9.17) is 4.74 Å². The topological polar surface area (TPSA) is 29.5 Å². The van der Waals surface area contributed by atoms with E-state index in [2.05, 4.69) is 15.9 Å². The first-order valence-electron chi connectivity index (χ1n) is 5.98. The Morgan fingerprint density at radius 3 is 2.79 bits per heavy atom. The van der Waals surface area contributed by atoms with Gasteiger partial charge < -0.3 is 4.74 Å². The zero-order valence-electron chi connectivity index (χ0n) is 10.4. The molecule has 0 unspecified atom stereocenters. The molecule has 1 heterocycles. The number of rotatable bonds is 1. The van der Waals surface area contributed by atoms with E-state index in [1.807, 2.05) is 49.4 Å². The van der Waals surface area contributed by atoms with Crippen LogP contribution < -0.4 is 9.64 Å². The second-order valence-corrected chi connectivity index (χ2v) is 5.27. The van der Waals surface area contributed by atoms with Gasteiger partial charge in [-0.25, -0.2) is 0 Å². The van der Waals surface area contributed by atoms with Crippen LogP contribution in [0.1, 0.15) is 5.56 Å². The lowest BCUT2D eigenvalue weighted by Gasteiger charge is -2.29. The molecule has 0 saturated heterocycles. The molecule has 3 nitrogen and oxygen atoms in total. The quantitative estimate of drug-likeness (QED) is 0.800. The summed E-state index contributed by atoms with van der Waals surface area (Å²) in [5.41, 5.74) is 2.77. The molecule has 1 aliphatic heterocycles. The predicted octanol–water partition coefficient (Wildman–Crippen LogP) is 3.81. The van der Waals surface area contributed by atoms with Crippen molar-refractivity contribution in [1.82, 2.24) is 0 Å². The number of benzene rings is 2. The molecule has 0 saturated carbocycles.